The first kappa shape index (κ1) is 13.0. The summed E-state index contributed by atoms with van der Waals surface area (Å²) in [6, 6.07) is 5.15. The van der Waals surface area contributed by atoms with Gasteiger partial charge in [0.2, 0.25) is 0 Å². The van der Waals surface area contributed by atoms with Gasteiger partial charge < -0.3 is 5.32 Å². The van der Waals surface area contributed by atoms with E-state index < -0.39 is 11.6 Å². The Hall–Kier alpha value is -1.00. The van der Waals surface area contributed by atoms with Crippen LogP contribution in [-0.4, -0.2) is 31.1 Å². The molecule has 0 amide bonds. The molecule has 1 N–H and O–H groups in total. The molecular formula is C15H20F2N2. The van der Waals surface area contributed by atoms with Gasteiger partial charge in [-0.2, -0.15) is 0 Å². The largest absolute Gasteiger partial charge is 0.314 e. The molecule has 2 aliphatic rings. The maximum absolute atomic E-state index is 14.0. The molecule has 0 aromatic heterocycles. The van der Waals surface area contributed by atoms with Crippen LogP contribution in [0.15, 0.2) is 18.2 Å². The van der Waals surface area contributed by atoms with E-state index in [1.165, 1.54) is 18.9 Å². The van der Waals surface area contributed by atoms with E-state index in [4.69, 9.17) is 0 Å². The van der Waals surface area contributed by atoms with Crippen molar-refractivity contribution in [2.75, 3.05) is 20.1 Å². The van der Waals surface area contributed by atoms with Crippen LogP contribution in [0.4, 0.5) is 8.78 Å². The van der Waals surface area contributed by atoms with Crippen LogP contribution in [0, 0.1) is 17.6 Å². The molecule has 1 aliphatic heterocycles. The van der Waals surface area contributed by atoms with E-state index in [1.807, 2.05) is 7.05 Å². The quantitative estimate of drug-likeness (QED) is 0.901. The molecule has 2 nitrogen and oxygen atoms in total. The standard InChI is InChI=1S/C15H20F2N2/c1-19-8-7-10(9-18-11-5-6-11)15(19)12-3-2-4-13(16)14(12)17/h2-4,10-11,15,18H,5-9H2,1H3. The van der Waals surface area contributed by atoms with Gasteiger partial charge in [0.1, 0.15) is 0 Å². The monoisotopic (exact) mass is 266 g/mol. The smallest absolute Gasteiger partial charge is 0.163 e. The summed E-state index contributed by atoms with van der Waals surface area (Å²) in [4.78, 5) is 2.14. The lowest BCUT2D eigenvalue weighted by atomic mass is 9.93. The Morgan fingerprint density at radius 2 is 2.05 bits per heavy atom. The number of nitrogens with zero attached hydrogens (tertiary/aromatic N) is 1. The lowest BCUT2D eigenvalue weighted by Gasteiger charge is -2.26. The summed E-state index contributed by atoms with van der Waals surface area (Å²) in [5.74, 6) is -1.06. The Morgan fingerprint density at radius 3 is 2.79 bits per heavy atom. The van der Waals surface area contributed by atoms with E-state index in [0.29, 0.717) is 17.5 Å². The third-order valence-corrected chi connectivity index (χ3v) is 4.32. The second kappa shape index (κ2) is 5.17. The maximum atomic E-state index is 14.0. The molecule has 19 heavy (non-hydrogen) atoms. The van der Waals surface area contributed by atoms with Crippen molar-refractivity contribution in [3.05, 3.63) is 35.4 Å². The maximum Gasteiger partial charge on any atom is 0.163 e. The zero-order valence-electron chi connectivity index (χ0n) is 11.2. The Bertz CT molecular complexity index is 459. The third-order valence-electron chi connectivity index (χ3n) is 4.32. The molecule has 1 saturated carbocycles. The Labute approximate surface area is 112 Å². The molecule has 104 valence electrons. The molecule has 0 bridgehead atoms. The molecule has 1 saturated heterocycles. The minimum atomic E-state index is -0.744. The van der Waals surface area contributed by atoms with Crippen LogP contribution in [0.25, 0.3) is 0 Å². The number of likely N-dealkylation sites (tertiary alicyclic amines) is 1. The predicted molar refractivity (Wildman–Crippen MR) is 70.9 cm³/mol. The first-order valence-electron chi connectivity index (χ1n) is 7.04. The normalized spacial score (nSPS) is 27.9. The van der Waals surface area contributed by atoms with Crippen molar-refractivity contribution in [2.24, 2.45) is 5.92 Å². The molecule has 1 aliphatic carbocycles. The number of hydrogen-bond donors (Lipinski definition) is 1. The average Bonchev–Trinajstić information content (AvgIpc) is 3.15. The van der Waals surface area contributed by atoms with E-state index in [-0.39, 0.29) is 6.04 Å². The average molecular weight is 266 g/mol. The molecule has 4 heteroatoms. The van der Waals surface area contributed by atoms with Crippen molar-refractivity contribution in [1.29, 1.82) is 0 Å². The summed E-state index contributed by atoms with van der Waals surface area (Å²) < 4.78 is 27.4. The molecule has 2 unspecified atom stereocenters. The number of nitrogens with one attached hydrogen (secondary N) is 1. The highest BCUT2D eigenvalue weighted by molar-refractivity contribution is 5.24. The van der Waals surface area contributed by atoms with Crippen LogP contribution < -0.4 is 5.32 Å². The third kappa shape index (κ3) is 2.65. The molecule has 3 rings (SSSR count). The van der Waals surface area contributed by atoms with Gasteiger partial charge in [-0.25, -0.2) is 8.78 Å². The van der Waals surface area contributed by atoms with Crippen molar-refractivity contribution in [2.45, 2.75) is 31.3 Å². The van der Waals surface area contributed by atoms with Gasteiger partial charge in [-0.15, -0.1) is 0 Å². The first-order valence-corrected chi connectivity index (χ1v) is 7.04. The van der Waals surface area contributed by atoms with Gasteiger partial charge in [0.15, 0.2) is 11.6 Å². The van der Waals surface area contributed by atoms with Gasteiger partial charge in [0.05, 0.1) is 0 Å². The number of hydrogen-bond acceptors (Lipinski definition) is 2. The van der Waals surface area contributed by atoms with E-state index in [9.17, 15) is 8.78 Å². The van der Waals surface area contributed by atoms with E-state index in [2.05, 4.69) is 10.2 Å². The van der Waals surface area contributed by atoms with Gasteiger partial charge in [0.25, 0.3) is 0 Å². The molecular weight excluding hydrogens is 246 g/mol. The minimum Gasteiger partial charge on any atom is -0.314 e. The van der Waals surface area contributed by atoms with Crippen molar-refractivity contribution in [3.8, 4) is 0 Å². The summed E-state index contributed by atoms with van der Waals surface area (Å²) in [5, 5.41) is 3.51. The summed E-state index contributed by atoms with van der Waals surface area (Å²) in [6.45, 7) is 1.84. The van der Waals surface area contributed by atoms with E-state index >= 15 is 0 Å². The number of benzene rings is 1. The highest BCUT2D eigenvalue weighted by Gasteiger charge is 2.36. The van der Waals surface area contributed by atoms with Gasteiger partial charge >= 0.3 is 0 Å². The van der Waals surface area contributed by atoms with Crippen molar-refractivity contribution >= 4 is 0 Å². The SMILES string of the molecule is CN1CCC(CNC2CC2)C1c1cccc(F)c1F. The van der Waals surface area contributed by atoms with Crippen molar-refractivity contribution in [1.82, 2.24) is 10.2 Å². The Morgan fingerprint density at radius 1 is 1.26 bits per heavy atom. The fourth-order valence-corrected chi connectivity index (χ4v) is 3.09. The molecule has 2 atom stereocenters. The van der Waals surface area contributed by atoms with Crippen LogP contribution in [-0.2, 0) is 0 Å². The molecule has 1 aromatic rings. The lowest BCUT2D eigenvalue weighted by Crippen LogP contribution is -2.30. The summed E-state index contributed by atoms with van der Waals surface area (Å²) >= 11 is 0. The molecule has 1 aromatic carbocycles. The Balaban J connectivity index is 1.80. The second-order valence-corrected chi connectivity index (χ2v) is 5.80. The topological polar surface area (TPSA) is 15.3 Å². The van der Waals surface area contributed by atoms with Crippen molar-refractivity contribution in [3.63, 3.8) is 0 Å². The van der Waals surface area contributed by atoms with Crippen LogP contribution in [0.2, 0.25) is 0 Å². The second-order valence-electron chi connectivity index (χ2n) is 5.80. The fraction of sp³-hybridized carbons (Fsp3) is 0.600. The van der Waals surface area contributed by atoms with E-state index in [1.54, 1.807) is 12.1 Å². The number of rotatable bonds is 4. The summed E-state index contributed by atoms with van der Waals surface area (Å²) in [7, 11) is 1.99. The van der Waals surface area contributed by atoms with Crippen LogP contribution in [0.3, 0.4) is 0 Å². The summed E-state index contributed by atoms with van der Waals surface area (Å²) in [6.07, 6.45) is 3.54. The van der Waals surface area contributed by atoms with Crippen LogP contribution >= 0.6 is 0 Å². The highest BCUT2D eigenvalue weighted by Crippen LogP contribution is 2.37. The Kier molecular flexibility index (Phi) is 3.54. The number of halogens is 2. The van der Waals surface area contributed by atoms with E-state index in [0.717, 1.165) is 19.5 Å². The molecule has 1 heterocycles. The van der Waals surface area contributed by atoms with Crippen LogP contribution in [0.5, 0.6) is 0 Å². The molecule has 0 spiro atoms. The van der Waals surface area contributed by atoms with Gasteiger partial charge in [0, 0.05) is 24.2 Å². The summed E-state index contributed by atoms with van der Waals surface area (Å²) in [5.41, 5.74) is 0.502. The van der Waals surface area contributed by atoms with Gasteiger partial charge in [-0.05, 0) is 44.8 Å². The van der Waals surface area contributed by atoms with Crippen LogP contribution in [0.1, 0.15) is 30.9 Å². The van der Waals surface area contributed by atoms with Gasteiger partial charge in [-0.1, -0.05) is 12.1 Å². The van der Waals surface area contributed by atoms with Crippen molar-refractivity contribution < 1.29 is 8.78 Å². The highest BCUT2D eigenvalue weighted by atomic mass is 19.2. The molecule has 0 radical (unpaired) electrons. The predicted octanol–water partition coefficient (Wildman–Crippen LogP) is 2.71. The minimum absolute atomic E-state index is 0.0121. The lowest BCUT2D eigenvalue weighted by molar-refractivity contribution is 0.262. The fourth-order valence-electron chi connectivity index (χ4n) is 3.09. The zero-order valence-corrected chi connectivity index (χ0v) is 11.2. The molecule has 2 fully saturated rings. The van der Waals surface area contributed by atoms with Gasteiger partial charge in [-0.3, -0.25) is 4.90 Å². The zero-order chi connectivity index (χ0) is 13.4. The first-order chi connectivity index (χ1) is 9.16.